The minimum Gasteiger partial charge on any atom is -0.493 e. The molecule has 0 unspecified atom stereocenters. The van der Waals surface area contributed by atoms with E-state index in [-0.39, 0.29) is 17.5 Å². The molecule has 100 valence electrons. The van der Waals surface area contributed by atoms with E-state index >= 15 is 0 Å². The van der Waals surface area contributed by atoms with Crippen LogP contribution in [0.5, 0.6) is 5.75 Å². The Labute approximate surface area is 113 Å². The molecule has 1 aromatic rings. The minimum atomic E-state index is -0.371. The van der Waals surface area contributed by atoms with Crippen LogP contribution in [0.25, 0.3) is 6.08 Å². The standard InChI is InChI=1S/C15H18N2O2/c1-4-19-14-8-6-5-7-12(14)9-13(10-16)15(18)17-11(2)3/h5-9,11H,4H2,1-3H3,(H,17,18)/b13-9-. The Morgan fingerprint density at radius 1 is 1.47 bits per heavy atom. The van der Waals surface area contributed by atoms with Crippen LogP contribution >= 0.6 is 0 Å². The number of para-hydroxylation sites is 1. The quantitative estimate of drug-likeness (QED) is 0.652. The molecule has 0 aliphatic heterocycles. The highest BCUT2D eigenvalue weighted by molar-refractivity contribution is 6.02. The molecule has 1 rings (SSSR count). The fourth-order valence-electron chi connectivity index (χ4n) is 1.53. The SMILES string of the molecule is CCOc1ccccc1/C=C(/C#N)C(=O)NC(C)C. The number of benzene rings is 1. The van der Waals surface area contributed by atoms with Crippen LogP contribution in [0.15, 0.2) is 29.8 Å². The average molecular weight is 258 g/mol. The van der Waals surface area contributed by atoms with Crippen molar-refractivity contribution >= 4 is 12.0 Å². The van der Waals surface area contributed by atoms with Crippen LogP contribution < -0.4 is 10.1 Å². The van der Waals surface area contributed by atoms with Crippen LogP contribution in [0.1, 0.15) is 26.3 Å². The minimum absolute atomic E-state index is 0.00798. The largest absolute Gasteiger partial charge is 0.493 e. The molecule has 4 nitrogen and oxygen atoms in total. The summed E-state index contributed by atoms with van der Waals surface area (Å²) < 4.78 is 5.46. The summed E-state index contributed by atoms with van der Waals surface area (Å²) in [6.07, 6.45) is 1.54. The maximum atomic E-state index is 11.8. The number of carbonyl (C=O) groups excluding carboxylic acids is 1. The van der Waals surface area contributed by atoms with Gasteiger partial charge in [-0.1, -0.05) is 18.2 Å². The number of ether oxygens (including phenoxy) is 1. The molecule has 1 N–H and O–H groups in total. The van der Waals surface area contributed by atoms with E-state index in [9.17, 15) is 4.79 Å². The van der Waals surface area contributed by atoms with Crippen LogP contribution in [0.4, 0.5) is 0 Å². The van der Waals surface area contributed by atoms with Crippen molar-refractivity contribution in [3.63, 3.8) is 0 Å². The van der Waals surface area contributed by atoms with Gasteiger partial charge in [0.25, 0.3) is 5.91 Å². The monoisotopic (exact) mass is 258 g/mol. The predicted octanol–water partition coefficient (Wildman–Crippen LogP) is 2.52. The summed E-state index contributed by atoms with van der Waals surface area (Å²) in [6, 6.07) is 9.22. The van der Waals surface area contributed by atoms with E-state index in [0.29, 0.717) is 12.4 Å². The van der Waals surface area contributed by atoms with Crippen molar-refractivity contribution in [2.75, 3.05) is 6.61 Å². The van der Waals surface area contributed by atoms with E-state index < -0.39 is 0 Å². The van der Waals surface area contributed by atoms with Crippen LogP contribution in [0, 0.1) is 11.3 Å². The number of nitriles is 1. The van der Waals surface area contributed by atoms with Gasteiger partial charge in [0, 0.05) is 11.6 Å². The lowest BCUT2D eigenvalue weighted by Crippen LogP contribution is -2.30. The first kappa shape index (κ1) is 14.8. The zero-order chi connectivity index (χ0) is 14.3. The Bertz CT molecular complexity index is 513. The summed E-state index contributed by atoms with van der Waals surface area (Å²) in [4.78, 5) is 11.8. The van der Waals surface area contributed by atoms with Crippen molar-refractivity contribution in [3.8, 4) is 11.8 Å². The molecule has 19 heavy (non-hydrogen) atoms. The van der Waals surface area contributed by atoms with E-state index in [1.807, 2.05) is 51.1 Å². The molecule has 0 radical (unpaired) electrons. The van der Waals surface area contributed by atoms with E-state index in [4.69, 9.17) is 10.00 Å². The van der Waals surface area contributed by atoms with Crippen molar-refractivity contribution in [2.45, 2.75) is 26.8 Å². The van der Waals surface area contributed by atoms with Crippen molar-refractivity contribution in [1.29, 1.82) is 5.26 Å². The third-order valence-corrected chi connectivity index (χ3v) is 2.30. The molecule has 0 spiro atoms. The van der Waals surface area contributed by atoms with Crippen LogP contribution in [0.2, 0.25) is 0 Å². The van der Waals surface area contributed by atoms with Crippen LogP contribution in [-0.4, -0.2) is 18.6 Å². The maximum absolute atomic E-state index is 11.8. The Morgan fingerprint density at radius 3 is 2.74 bits per heavy atom. The number of nitrogens with zero attached hydrogens (tertiary/aromatic N) is 1. The van der Waals surface area contributed by atoms with Crippen molar-refractivity contribution in [2.24, 2.45) is 0 Å². The second-order valence-corrected chi connectivity index (χ2v) is 4.27. The van der Waals surface area contributed by atoms with Gasteiger partial charge in [-0.3, -0.25) is 4.79 Å². The van der Waals surface area contributed by atoms with Crippen molar-refractivity contribution in [1.82, 2.24) is 5.32 Å². The first-order chi connectivity index (χ1) is 9.08. The smallest absolute Gasteiger partial charge is 0.262 e. The predicted molar refractivity (Wildman–Crippen MR) is 74.5 cm³/mol. The molecule has 1 aromatic carbocycles. The Kier molecular flexibility index (Phi) is 5.62. The highest BCUT2D eigenvalue weighted by Gasteiger charge is 2.11. The summed E-state index contributed by atoms with van der Waals surface area (Å²) in [5, 5.41) is 11.8. The average Bonchev–Trinajstić information content (AvgIpc) is 2.37. The molecular weight excluding hydrogens is 240 g/mol. The molecule has 0 saturated heterocycles. The first-order valence-corrected chi connectivity index (χ1v) is 6.23. The second-order valence-electron chi connectivity index (χ2n) is 4.27. The third kappa shape index (κ3) is 4.47. The van der Waals surface area contributed by atoms with Gasteiger partial charge in [0.2, 0.25) is 0 Å². The number of carbonyl (C=O) groups is 1. The van der Waals surface area contributed by atoms with Crippen molar-refractivity contribution < 1.29 is 9.53 Å². The molecule has 4 heteroatoms. The van der Waals surface area contributed by atoms with Gasteiger partial charge in [-0.2, -0.15) is 5.26 Å². The Balaban J connectivity index is 3.05. The fourth-order valence-corrected chi connectivity index (χ4v) is 1.53. The number of hydrogen-bond acceptors (Lipinski definition) is 3. The Hall–Kier alpha value is -2.28. The molecule has 0 aliphatic rings. The fraction of sp³-hybridized carbons (Fsp3) is 0.333. The lowest BCUT2D eigenvalue weighted by Gasteiger charge is -2.09. The summed E-state index contributed by atoms with van der Waals surface area (Å²) in [5.74, 6) is 0.291. The molecule has 0 aliphatic carbocycles. The lowest BCUT2D eigenvalue weighted by molar-refractivity contribution is -0.117. The molecular formula is C15H18N2O2. The lowest BCUT2D eigenvalue weighted by atomic mass is 10.1. The van der Waals surface area contributed by atoms with Gasteiger partial charge in [-0.25, -0.2) is 0 Å². The second kappa shape index (κ2) is 7.22. The summed E-state index contributed by atoms with van der Waals surface area (Å²) in [6.45, 7) is 6.12. The van der Waals surface area contributed by atoms with E-state index in [2.05, 4.69) is 5.32 Å². The summed E-state index contributed by atoms with van der Waals surface area (Å²) >= 11 is 0. The zero-order valence-electron chi connectivity index (χ0n) is 11.4. The van der Waals surface area contributed by atoms with Gasteiger partial charge in [-0.05, 0) is 32.9 Å². The maximum Gasteiger partial charge on any atom is 0.262 e. The molecule has 0 aromatic heterocycles. The topological polar surface area (TPSA) is 62.1 Å². The molecule has 0 bridgehead atoms. The highest BCUT2D eigenvalue weighted by Crippen LogP contribution is 2.20. The molecule has 0 fully saturated rings. The van der Waals surface area contributed by atoms with Crippen molar-refractivity contribution in [3.05, 3.63) is 35.4 Å². The number of hydrogen-bond donors (Lipinski definition) is 1. The summed E-state index contributed by atoms with van der Waals surface area (Å²) in [5.41, 5.74) is 0.792. The molecule has 1 amide bonds. The number of amides is 1. The molecule has 0 heterocycles. The van der Waals surface area contributed by atoms with Gasteiger partial charge in [0.05, 0.1) is 6.61 Å². The summed E-state index contributed by atoms with van der Waals surface area (Å²) in [7, 11) is 0. The highest BCUT2D eigenvalue weighted by atomic mass is 16.5. The number of rotatable bonds is 5. The van der Waals surface area contributed by atoms with E-state index in [0.717, 1.165) is 5.56 Å². The first-order valence-electron chi connectivity index (χ1n) is 6.23. The van der Waals surface area contributed by atoms with Gasteiger partial charge in [0.1, 0.15) is 17.4 Å². The Morgan fingerprint density at radius 2 is 2.16 bits per heavy atom. The van der Waals surface area contributed by atoms with Crippen LogP contribution in [0.3, 0.4) is 0 Å². The zero-order valence-corrected chi connectivity index (χ0v) is 11.4. The third-order valence-electron chi connectivity index (χ3n) is 2.30. The molecule has 0 atom stereocenters. The molecule has 0 saturated carbocycles. The van der Waals surface area contributed by atoms with Crippen LogP contribution in [-0.2, 0) is 4.79 Å². The van der Waals surface area contributed by atoms with E-state index in [1.54, 1.807) is 6.08 Å². The van der Waals surface area contributed by atoms with Gasteiger partial charge < -0.3 is 10.1 Å². The van der Waals surface area contributed by atoms with Gasteiger partial charge in [-0.15, -0.1) is 0 Å². The van der Waals surface area contributed by atoms with Gasteiger partial charge >= 0.3 is 0 Å². The normalized spacial score (nSPS) is 11.0. The van der Waals surface area contributed by atoms with E-state index in [1.165, 1.54) is 0 Å². The number of nitrogens with one attached hydrogen (secondary N) is 1. The van der Waals surface area contributed by atoms with Gasteiger partial charge in [0.15, 0.2) is 0 Å².